The molecule has 0 atom stereocenters. The fraction of sp³-hybridized carbons (Fsp3) is 0.417. The summed E-state index contributed by atoms with van der Waals surface area (Å²) in [7, 11) is 3.27. The maximum Gasteiger partial charge on any atom is 0.226 e. The number of nitrogens with one attached hydrogen (secondary N) is 3. The first kappa shape index (κ1) is 27.5. The van der Waals surface area contributed by atoms with Crippen LogP contribution in [-0.4, -0.2) is 39.2 Å². The Morgan fingerprint density at radius 1 is 0.969 bits per heavy atom. The Morgan fingerprint density at radius 3 is 2.22 bits per heavy atom. The monoisotopic (exact) mass is 554 g/mol. The SMILES string of the molecule is CCNC(=NCc1ccc(NC(=O)C(C)C)cc1)NCCc1ccc(OC)c(OC)c1.I. The number of methoxy groups -OCH3 is 2. The van der Waals surface area contributed by atoms with Gasteiger partial charge in [0.1, 0.15) is 0 Å². The van der Waals surface area contributed by atoms with Crippen LogP contribution in [0.25, 0.3) is 0 Å². The van der Waals surface area contributed by atoms with Crippen molar-refractivity contribution >= 4 is 41.5 Å². The van der Waals surface area contributed by atoms with Crippen molar-refractivity contribution in [3.8, 4) is 11.5 Å². The standard InChI is InChI=1S/C24H34N4O3.HI/c1-6-25-24(26-14-13-18-9-12-21(30-4)22(15-18)31-5)27-16-19-7-10-20(11-8-19)28-23(29)17(2)3;/h7-12,15,17H,6,13-14,16H2,1-5H3,(H,28,29)(H2,25,26,27);1H. The van der Waals surface area contributed by atoms with Gasteiger partial charge < -0.3 is 25.4 Å². The predicted octanol–water partition coefficient (Wildman–Crippen LogP) is 4.21. The molecule has 0 saturated heterocycles. The Morgan fingerprint density at radius 2 is 1.62 bits per heavy atom. The normalized spacial score (nSPS) is 10.9. The van der Waals surface area contributed by atoms with Gasteiger partial charge in [0.25, 0.3) is 0 Å². The number of nitrogens with zero attached hydrogens (tertiary/aromatic N) is 1. The molecule has 2 aromatic carbocycles. The summed E-state index contributed by atoms with van der Waals surface area (Å²) in [6, 6.07) is 13.7. The van der Waals surface area contributed by atoms with E-state index in [1.54, 1.807) is 14.2 Å². The summed E-state index contributed by atoms with van der Waals surface area (Å²) in [4.78, 5) is 16.4. The Kier molecular flexibility index (Phi) is 12.5. The van der Waals surface area contributed by atoms with Crippen molar-refractivity contribution in [3.05, 3.63) is 53.6 Å². The van der Waals surface area contributed by atoms with Gasteiger partial charge in [-0.1, -0.05) is 32.0 Å². The van der Waals surface area contributed by atoms with Crippen LogP contribution in [0.5, 0.6) is 11.5 Å². The zero-order chi connectivity index (χ0) is 22.6. The highest BCUT2D eigenvalue weighted by atomic mass is 127. The van der Waals surface area contributed by atoms with Crippen molar-refractivity contribution < 1.29 is 14.3 Å². The number of aliphatic imine (C=N–C) groups is 1. The van der Waals surface area contributed by atoms with Gasteiger partial charge in [-0.05, 0) is 48.7 Å². The van der Waals surface area contributed by atoms with Crippen LogP contribution in [0.4, 0.5) is 5.69 Å². The lowest BCUT2D eigenvalue weighted by Gasteiger charge is -2.13. The van der Waals surface area contributed by atoms with Crippen molar-refractivity contribution in [1.29, 1.82) is 0 Å². The first-order chi connectivity index (χ1) is 15.0. The molecule has 0 aromatic heterocycles. The minimum atomic E-state index is -0.0444. The highest BCUT2D eigenvalue weighted by molar-refractivity contribution is 14.0. The number of ether oxygens (including phenoxy) is 2. The predicted molar refractivity (Wildman–Crippen MR) is 141 cm³/mol. The Hall–Kier alpha value is -2.49. The molecule has 0 unspecified atom stereocenters. The van der Waals surface area contributed by atoms with Crippen LogP contribution in [-0.2, 0) is 17.8 Å². The van der Waals surface area contributed by atoms with Crippen LogP contribution in [0.3, 0.4) is 0 Å². The highest BCUT2D eigenvalue weighted by Gasteiger charge is 2.07. The van der Waals surface area contributed by atoms with E-state index in [9.17, 15) is 4.79 Å². The number of rotatable bonds is 10. The lowest BCUT2D eigenvalue weighted by molar-refractivity contribution is -0.118. The molecule has 3 N–H and O–H groups in total. The minimum Gasteiger partial charge on any atom is -0.493 e. The topological polar surface area (TPSA) is 84.0 Å². The summed E-state index contributed by atoms with van der Waals surface area (Å²) >= 11 is 0. The number of amides is 1. The van der Waals surface area contributed by atoms with Crippen LogP contribution in [0.2, 0.25) is 0 Å². The summed E-state index contributed by atoms with van der Waals surface area (Å²) in [6.07, 6.45) is 0.828. The third kappa shape index (κ3) is 8.94. The zero-order valence-corrected chi connectivity index (χ0v) is 21.9. The van der Waals surface area contributed by atoms with Crippen LogP contribution in [0.15, 0.2) is 47.5 Å². The third-order valence-electron chi connectivity index (χ3n) is 4.66. The molecule has 0 fully saturated rings. The average molecular weight is 554 g/mol. The van der Waals surface area contributed by atoms with Gasteiger partial charge in [0, 0.05) is 24.7 Å². The van der Waals surface area contributed by atoms with Crippen molar-refractivity contribution in [2.45, 2.75) is 33.7 Å². The third-order valence-corrected chi connectivity index (χ3v) is 4.66. The van der Waals surface area contributed by atoms with Gasteiger partial charge in [0.05, 0.1) is 20.8 Å². The maximum atomic E-state index is 11.8. The van der Waals surface area contributed by atoms with Gasteiger partial charge in [-0.3, -0.25) is 4.79 Å². The molecule has 32 heavy (non-hydrogen) atoms. The van der Waals surface area contributed by atoms with E-state index < -0.39 is 0 Å². The van der Waals surface area contributed by atoms with E-state index in [0.29, 0.717) is 6.54 Å². The zero-order valence-electron chi connectivity index (χ0n) is 19.5. The van der Waals surface area contributed by atoms with Gasteiger partial charge in [0.15, 0.2) is 17.5 Å². The van der Waals surface area contributed by atoms with E-state index in [0.717, 1.165) is 53.8 Å². The van der Waals surface area contributed by atoms with E-state index in [1.165, 1.54) is 0 Å². The first-order valence-corrected chi connectivity index (χ1v) is 10.6. The molecule has 0 spiro atoms. The fourth-order valence-electron chi connectivity index (χ4n) is 2.85. The number of hydrogen-bond acceptors (Lipinski definition) is 4. The molecular weight excluding hydrogens is 519 g/mol. The van der Waals surface area contributed by atoms with E-state index in [2.05, 4.69) is 20.9 Å². The van der Waals surface area contributed by atoms with E-state index in [-0.39, 0.29) is 35.8 Å². The number of carbonyl (C=O) groups is 1. The second kappa shape index (κ2) is 14.5. The Bertz CT molecular complexity index is 870. The largest absolute Gasteiger partial charge is 0.493 e. The Labute approximate surface area is 208 Å². The molecule has 8 heteroatoms. The quantitative estimate of drug-likeness (QED) is 0.233. The van der Waals surface area contributed by atoms with Crippen LogP contribution in [0.1, 0.15) is 31.9 Å². The molecule has 1 amide bonds. The second-order valence-corrected chi connectivity index (χ2v) is 7.40. The smallest absolute Gasteiger partial charge is 0.226 e. The van der Waals surface area contributed by atoms with Crippen molar-refractivity contribution in [2.24, 2.45) is 10.9 Å². The van der Waals surface area contributed by atoms with E-state index in [1.807, 2.05) is 63.2 Å². The van der Waals surface area contributed by atoms with Crippen LogP contribution in [0, 0.1) is 5.92 Å². The molecule has 0 bridgehead atoms. The molecule has 7 nitrogen and oxygen atoms in total. The molecule has 0 aliphatic rings. The highest BCUT2D eigenvalue weighted by Crippen LogP contribution is 2.27. The molecule has 0 heterocycles. The molecule has 176 valence electrons. The lowest BCUT2D eigenvalue weighted by atomic mass is 10.1. The number of carbonyl (C=O) groups excluding carboxylic acids is 1. The summed E-state index contributed by atoms with van der Waals surface area (Å²) < 4.78 is 10.7. The van der Waals surface area contributed by atoms with E-state index in [4.69, 9.17) is 9.47 Å². The van der Waals surface area contributed by atoms with Gasteiger partial charge in [-0.25, -0.2) is 4.99 Å². The lowest BCUT2D eigenvalue weighted by Crippen LogP contribution is -2.38. The number of anilines is 1. The maximum absolute atomic E-state index is 11.8. The van der Waals surface area contributed by atoms with E-state index >= 15 is 0 Å². The number of hydrogen-bond donors (Lipinski definition) is 3. The number of guanidine groups is 1. The molecule has 0 aliphatic heterocycles. The molecule has 0 saturated carbocycles. The fourth-order valence-corrected chi connectivity index (χ4v) is 2.85. The van der Waals surface area contributed by atoms with Crippen molar-refractivity contribution in [1.82, 2.24) is 10.6 Å². The van der Waals surface area contributed by atoms with Crippen LogP contribution < -0.4 is 25.4 Å². The molecule has 0 radical (unpaired) electrons. The van der Waals surface area contributed by atoms with Crippen molar-refractivity contribution in [2.75, 3.05) is 32.6 Å². The summed E-state index contributed by atoms with van der Waals surface area (Å²) in [6.45, 7) is 7.85. The molecule has 2 aromatic rings. The summed E-state index contributed by atoms with van der Waals surface area (Å²) in [5.41, 5.74) is 3.02. The first-order valence-electron chi connectivity index (χ1n) is 10.6. The average Bonchev–Trinajstić information content (AvgIpc) is 2.78. The van der Waals surface area contributed by atoms with Gasteiger partial charge in [-0.15, -0.1) is 24.0 Å². The van der Waals surface area contributed by atoms with Gasteiger partial charge in [0.2, 0.25) is 5.91 Å². The molecule has 2 rings (SSSR count). The van der Waals surface area contributed by atoms with Gasteiger partial charge in [-0.2, -0.15) is 0 Å². The summed E-state index contributed by atoms with van der Waals surface area (Å²) in [5.74, 6) is 2.19. The second-order valence-electron chi connectivity index (χ2n) is 7.40. The molecular formula is C24H35IN4O3. The number of benzene rings is 2. The van der Waals surface area contributed by atoms with Crippen LogP contribution >= 0.6 is 24.0 Å². The number of halogens is 1. The summed E-state index contributed by atoms with van der Waals surface area (Å²) in [5, 5.41) is 9.53. The minimum absolute atomic E-state index is 0. The van der Waals surface area contributed by atoms with Gasteiger partial charge >= 0.3 is 0 Å². The molecule has 0 aliphatic carbocycles. The Balaban J connectivity index is 0.00000512. The van der Waals surface area contributed by atoms with Crippen molar-refractivity contribution in [3.63, 3.8) is 0 Å².